The van der Waals surface area contributed by atoms with Gasteiger partial charge >= 0.3 is 0 Å². The van der Waals surface area contributed by atoms with Gasteiger partial charge in [0.1, 0.15) is 23.3 Å². The Labute approximate surface area is 365 Å². The first-order chi connectivity index (χ1) is 29.9. The minimum Gasteiger partial charge on any atom is -0.383 e. The molecule has 1 aliphatic heterocycles. The largest absolute Gasteiger partial charge is 0.383 e. The van der Waals surface area contributed by atoms with Crippen molar-refractivity contribution in [2.24, 2.45) is 5.14 Å². The van der Waals surface area contributed by atoms with E-state index < -0.39 is 10.0 Å². The summed E-state index contributed by atoms with van der Waals surface area (Å²) in [5.41, 5.74) is 21.4. The van der Waals surface area contributed by atoms with Crippen LogP contribution in [0.3, 0.4) is 0 Å². The zero-order valence-corrected chi connectivity index (χ0v) is 34.8. The zero-order valence-electron chi connectivity index (χ0n) is 34.0. The number of hydrogen-bond acceptors (Lipinski definition) is 13. The molecule has 6 heterocycles. The summed E-state index contributed by atoms with van der Waals surface area (Å²) in [5, 5.41) is 18.2. The van der Waals surface area contributed by atoms with Gasteiger partial charge in [-0.3, -0.25) is 9.78 Å². The molecule has 0 spiro atoms. The van der Waals surface area contributed by atoms with Crippen LogP contribution in [0.25, 0.3) is 44.1 Å². The van der Waals surface area contributed by atoms with Crippen molar-refractivity contribution in [3.63, 3.8) is 0 Å². The van der Waals surface area contributed by atoms with Crippen LogP contribution in [0.1, 0.15) is 24.1 Å². The molecule has 9 N–H and O–H groups in total. The van der Waals surface area contributed by atoms with Gasteiger partial charge in [-0.05, 0) is 108 Å². The number of sulfonamides is 1. The minimum absolute atomic E-state index is 0. The Morgan fingerprint density at radius 1 is 0.714 bits per heavy atom. The van der Waals surface area contributed by atoms with Crippen molar-refractivity contribution in [2.75, 3.05) is 46.6 Å². The number of piperazine rings is 1. The van der Waals surface area contributed by atoms with Crippen LogP contribution in [0.4, 0.5) is 40.3 Å². The van der Waals surface area contributed by atoms with Crippen LogP contribution in [0, 0.1) is 13.8 Å². The Kier molecular flexibility index (Phi) is 12.9. The number of carbonyl (C=O) groups is 1. The molecule has 15 nitrogen and oxygen atoms in total. The van der Waals surface area contributed by atoms with Crippen molar-refractivity contribution in [3.05, 3.63) is 145 Å². The summed E-state index contributed by atoms with van der Waals surface area (Å²) in [6, 6.07) is 32.6. The Morgan fingerprint density at radius 2 is 1.27 bits per heavy atom. The van der Waals surface area contributed by atoms with Gasteiger partial charge in [-0.2, -0.15) is 0 Å². The molecule has 9 rings (SSSR count). The summed E-state index contributed by atoms with van der Waals surface area (Å²) in [6.45, 7) is 5.91. The average Bonchev–Trinajstić information content (AvgIpc) is 3.25. The number of carbonyl (C=O) groups excluding carboxylic acids is 1. The van der Waals surface area contributed by atoms with Gasteiger partial charge in [0, 0.05) is 76.8 Å². The van der Waals surface area contributed by atoms with Crippen LogP contribution < -0.4 is 37.5 Å². The maximum atomic E-state index is 12.1. The molecular weight excluding hydrogens is 813 g/mol. The maximum absolute atomic E-state index is 12.1. The number of benzene rings is 3. The quantitative estimate of drug-likeness (QED) is 0.0821. The second-order valence-electron chi connectivity index (χ2n) is 14.9. The predicted octanol–water partition coefficient (Wildman–Crippen LogP) is 7.62. The van der Waals surface area contributed by atoms with Crippen LogP contribution in [-0.4, -0.2) is 58.9 Å². The van der Waals surface area contributed by atoms with Gasteiger partial charge in [0.05, 0.1) is 23.7 Å². The number of aromatic nitrogens is 5. The van der Waals surface area contributed by atoms with Gasteiger partial charge in [-0.1, -0.05) is 43.8 Å². The summed E-state index contributed by atoms with van der Waals surface area (Å²) in [6.07, 6.45) is 6.98. The lowest BCUT2D eigenvalue weighted by Crippen LogP contribution is -2.48. The summed E-state index contributed by atoms with van der Waals surface area (Å²) in [7, 11) is -3.56. The van der Waals surface area contributed by atoms with E-state index in [1.165, 1.54) is 0 Å². The number of nitrogens with two attached hydrogens (primary N) is 3. The fourth-order valence-electron chi connectivity index (χ4n) is 7.17. The third-order valence-electron chi connectivity index (χ3n) is 10.4. The minimum atomic E-state index is -3.56. The predicted molar refractivity (Wildman–Crippen MR) is 254 cm³/mol. The topological polar surface area (TPSA) is 233 Å². The smallest absolute Gasteiger partial charge is 0.240 e. The average molecular weight is 861 g/mol. The molecule has 1 amide bonds. The van der Waals surface area contributed by atoms with Crippen molar-refractivity contribution in [3.8, 4) is 22.5 Å². The van der Waals surface area contributed by atoms with Crippen molar-refractivity contribution < 1.29 is 13.2 Å². The van der Waals surface area contributed by atoms with Crippen LogP contribution >= 0.6 is 0 Å². The van der Waals surface area contributed by atoms with Crippen molar-refractivity contribution >= 4 is 77.8 Å². The molecule has 1 aliphatic rings. The standard InChI is InChI=1S/C24H23N7O.C22H21N5O2S.CH4/c1-15-6-7-26-12-19(15)21-10-16-11-22(28-13-20(16)24(25)30-21)29-17-2-4-18(5-3-17)31-9-8-27-14-23(31)32;1-14-4-2-3-5-18(14)20-10-16-11-21(25-12-19(16)22(23)27-20)26-17-8-6-15(7-9-17)13-30(24,28)29;/h2-7,10-13,27H,8-9,14H2,1H3,(H2,25,30)(H,28,29);2-12H,13H2,1H3,(H2,23,27)(H,25,26)(H2,24,28,29);1H4. The first-order valence-corrected chi connectivity index (χ1v) is 21.4. The molecule has 63 heavy (non-hydrogen) atoms. The molecule has 1 fully saturated rings. The molecule has 0 atom stereocenters. The van der Waals surface area contributed by atoms with Crippen LogP contribution in [0.15, 0.2) is 128 Å². The number of rotatable bonds is 9. The highest BCUT2D eigenvalue weighted by Crippen LogP contribution is 2.31. The van der Waals surface area contributed by atoms with Gasteiger partial charge in [0.15, 0.2) is 0 Å². The number of pyridine rings is 5. The Morgan fingerprint density at radius 3 is 1.83 bits per heavy atom. The Hall–Kier alpha value is -7.53. The second kappa shape index (κ2) is 18.6. The fraction of sp³-hybridized carbons (Fsp3) is 0.149. The van der Waals surface area contributed by atoms with Gasteiger partial charge in [0.2, 0.25) is 15.9 Å². The van der Waals surface area contributed by atoms with Crippen molar-refractivity contribution in [1.29, 1.82) is 0 Å². The van der Waals surface area contributed by atoms with E-state index in [4.69, 9.17) is 16.6 Å². The Balaban J connectivity index is 0.000000186. The van der Waals surface area contributed by atoms with Crippen molar-refractivity contribution in [2.45, 2.75) is 27.0 Å². The SMILES string of the molecule is C.Cc1ccccc1-c1cc2cc(Nc3ccc(CS(N)(=O)=O)cc3)ncc2c(N)n1.Cc1ccncc1-c1cc2cc(Nc3ccc(N4CCNCC4=O)cc3)ncc2c(N)n1. The lowest BCUT2D eigenvalue weighted by Gasteiger charge is -2.27. The van der Waals surface area contributed by atoms with Crippen LogP contribution in [0.5, 0.6) is 0 Å². The number of primary sulfonamides is 1. The van der Waals surface area contributed by atoms with E-state index in [1.54, 1.807) is 54.0 Å². The van der Waals surface area contributed by atoms with E-state index in [0.29, 0.717) is 41.9 Å². The lowest BCUT2D eigenvalue weighted by atomic mass is 10.0. The normalized spacial score (nSPS) is 12.6. The van der Waals surface area contributed by atoms with Gasteiger partial charge < -0.3 is 32.3 Å². The van der Waals surface area contributed by atoms with Crippen LogP contribution in [0.2, 0.25) is 0 Å². The molecule has 0 saturated carbocycles. The molecule has 5 aromatic heterocycles. The van der Waals surface area contributed by atoms with Gasteiger partial charge in [0.25, 0.3) is 0 Å². The Bertz CT molecular complexity index is 3060. The number of amides is 1. The van der Waals surface area contributed by atoms with Gasteiger partial charge in [-0.15, -0.1) is 0 Å². The van der Waals surface area contributed by atoms with Gasteiger partial charge in [-0.25, -0.2) is 33.5 Å². The number of nitrogens with zero attached hydrogens (tertiary/aromatic N) is 6. The molecule has 0 radical (unpaired) electrons. The molecule has 3 aromatic carbocycles. The molecular formula is C47H48N12O3S. The van der Waals surface area contributed by atoms with E-state index >= 15 is 0 Å². The summed E-state index contributed by atoms with van der Waals surface area (Å²) < 4.78 is 22.4. The molecule has 16 heteroatoms. The van der Waals surface area contributed by atoms with Crippen molar-refractivity contribution in [1.82, 2.24) is 30.2 Å². The highest BCUT2D eigenvalue weighted by atomic mass is 32.2. The molecule has 320 valence electrons. The zero-order chi connectivity index (χ0) is 43.4. The highest BCUT2D eigenvalue weighted by molar-refractivity contribution is 7.88. The fourth-order valence-corrected chi connectivity index (χ4v) is 7.83. The monoisotopic (exact) mass is 860 g/mol. The first kappa shape index (κ1) is 43.6. The molecule has 0 bridgehead atoms. The second-order valence-corrected chi connectivity index (χ2v) is 16.5. The number of aryl methyl sites for hydroxylation is 2. The van der Waals surface area contributed by atoms with E-state index in [0.717, 1.165) is 78.8 Å². The van der Waals surface area contributed by atoms with E-state index in [1.807, 2.05) is 92.7 Å². The number of nitrogens with one attached hydrogen (secondary N) is 3. The molecule has 8 aromatic rings. The van der Waals surface area contributed by atoms with E-state index in [9.17, 15) is 13.2 Å². The first-order valence-electron chi connectivity index (χ1n) is 19.7. The molecule has 1 saturated heterocycles. The lowest BCUT2D eigenvalue weighted by molar-refractivity contribution is -0.118. The highest BCUT2D eigenvalue weighted by Gasteiger charge is 2.19. The number of fused-ring (bicyclic) bond motifs is 2. The number of anilines is 7. The summed E-state index contributed by atoms with van der Waals surface area (Å²) in [4.78, 5) is 36.1. The molecule has 0 unspecified atom stereocenters. The van der Waals surface area contributed by atoms with E-state index in [2.05, 4.69) is 40.9 Å². The molecule has 0 aliphatic carbocycles. The summed E-state index contributed by atoms with van der Waals surface area (Å²) in [5.74, 6) is 2.09. The van der Waals surface area contributed by atoms with Crippen LogP contribution in [-0.2, 0) is 20.6 Å². The third kappa shape index (κ3) is 10.3. The van der Waals surface area contributed by atoms with E-state index in [-0.39, 0.29) is 19.1 Å². The number of nitrogen functional groups attached to an aromatic ring is 2. The maximum Gasteiger partial charge on any atom is 0.240 e. The third-order valence-corrected chi connectivity index (χ3v) is 11.1. The summed E-state index contributed by atoms with van der Waals surface area (Å²) >= 11 is 0. The number of hydrogen-bond donors (Lipinski definition) is 6.